The molecule has 36 atom stereocenters. The lowest BCUT2D eigenvalue weighted by Gasteiger charge is -2.49. The van der Waals surface area contributed by atoms with Gasteiger partial charge in [0.1, 0.15) is 61.0 Å². The van der Waals surface area contributed by atoms with Gasteiger partial charge in [-0.25, -0.2) is 0 Å². The lowest BCUT2D eigenvalue weighted by molar-refractivity contribution is -0.319. The molecular formula is C84H154N4O26. The van der Waals surface area contributed by atoms with Crippen molar-refractivity contribution in [3.63, 3.8) is 0 Å². The Balaban J connectivity index is 1.36. The highest BCUT2D eigenvalue weighted by atomic mass is 16.7. The zero-order chi connectivity index (χ0) is 85.8. The molecule has 6 fully saturated rings. The number of ether oxygens (including phenoxy) is 12. The number of carbonyl (C=O) groups excluding carboxylic acids is 2. The number of hydrogen-bond acceptors (Lipinski definition) is 30. The highest BCUT2D eigenvalue weighted by molar-refractivity contribution is 5.89. The summed E-state index contributed by atoms with van der Waals surface area (Å²) in [5.41, 5.74) is -9.50. The topological polar surface area (TPSA) is 397 Å². The van der Waals surface area contributed by atoms with Gasteiger partial charge < -0.3 is 118 Å². The Morgan fingerprint density at radius 1 is 0.456 bits per heavy atom. The Labute approximate surface area is 680 Å². The van der Waals surface area contributed by atoms with Gasteiger partial charge in [-0.05, 0) is 149 Å². The Morgan fingerprint density at radius 3 is 1.10 bits per heavy atom. The third kappa shape index (κ3) is 24.0. The number of aliphatic hydroxyl groups excluding tert-OH is 6. The molecule has 0 radical (unpaired) electrons. The smallest absolute Gasteiger partial charge is 0.311 e. The quantitative estimate of drug-likeness (QED) is 0.0219. The SMILES string of the molecule is CCCCCO/N=C1\[C@H](C)C[C@](C)(O)[C@H](OC2OC(C)CC(N(C)CCN(C)C3CC(C)OC(O[C@@H]4[C@@H](C)[C@H](OC5CC(C)(OC)C(O)C(C)O5)[C@@H](C)C(=O)O[C@H](CC)[C@@](C)(O)[C@H](O)[C@@H](C)/C(=N/OCCCCC)[C@H](C)C[C@]4(C)O)C3O)C2O)[C@@H](C)[C@H](OC2CC(C)(OC)C(O)C(C)O2)[C@@H](C)C(=O)O[C@H](CC)[C@@](C)(O)[C@H](O)[C@H]1C. The number of nitrogens with zero attached hydrogens (tertiary/aromatic N) is 4. The number of rotatable bonds is 27. The van der Waals surface area contributed by atoms with Gasteiger partial charge in [0.2, 0.25) is 0 Å². The van der Waals surface area contributed by atoms with Crippen LogP contribution in [0.1, 0.15) is 242 Å². The van der Waals surface area contributed by atoms with Gasteiger partial charge in [0.25, 0.3) is 0 Å². The summed E-state index contributed by atoms with van der Waals surface area (Å²) < 4.78 is 78.2. The van der Waals surface area contributed by atoms with Crippen molar-refractivity contribution in [1.82, 2.24) is 9.80 Å². The van der Waals surface area contributed by atoms with Gasteiger partial charge in [-0.1, -0.05) is 105 Å². The van der Waals surface area contributed by atoms with E-state index in [-0.39, 0.29) is 51.7 Å². The highest BCUT2D eigenvalue weighted by Gasteiger charge is 2.57. The summed E-state index contributed by atoms with van der Waals surface area (Å²) in [5.74, 6) is -9.06. The molecule has 0 aromatic heterocycles. The van der Waals surface area contributed by atoms with E-state index in [0.29, 0.717) is 50.2 Å². The number of likely N-dealkylation sites (N-methyl/N-ethyl adjacent to an activating group) is 2. The molecule has 666 valence electrons. The fourth-order valence-corrected chi connectivity index (χ4v) is 18.8. The van der Waals surface area contributed by atoms with Crippen LogP contribution in [0, 0.1) is 47.3 Å². The molecule has 0 saturated carbocycles. The van der Waals surface area contributed by atoms with Gasteiger partial charge in [-0.2, -0.15) is 0 Å². The van der Waals surface area contributed by atoms with Crippen LogP contribution in [0.25, 0.3) is 0 Å². The Hall–Kier alpha value is -3.00. The van der Waals surface area contributed by atoms with Crippen LogP contribution < -0.4 is 0 Å². The van der Waals surface area contributed by atoms with Crippen LogP contribution >= 0.6 is 0 Å². The van der Waals surface area contributed by atoms with Crippen LogP contribution in [0.15, 0.2) is 10.3 Å². The van der Waals surface area contributed by atoms with E-state index in [9.17, 15) is 60.7 Å². The monoisotopic (exact) mass is 1640 g/mol. The summed E-state index contributed by atoms with van der Waals surface area (Å²) in [7, 11) is 6.69. The van der Waals surface area contributed by atoms with E-state index in [1.807, 2.05) is 51.6 Å². The second-order valence-corrected chi connectivity index (χ2v) is 36.3. The van der Waals surface area contributed by atoms with E-state index in [4.69, 9.17) is 66.5 Å². The Morgan fingerprint density at radius 2 is 0.789 bits per heavy atom. The van der Waals surface area contributed by atoms with Crippen molar-refractivity contribution in [2.75, 3.05) is 54.6 Å². The average molecular weight is 1640 g/mol. The minimum absolute atomic E-state index is 0.0195. The molecule has 10 N–H and O–H groups in total. The molecule has 6 aliphatic rings. The molecule has 6 heterocycles. The minimum atomic E-state index is -2.02. The maximum atomic E-state index is 14.9. The maximum absolute atomic E-state index is 14.9. The molecule has 6 aliphatic heterocycles. The number of aliphatic hydroxyl groups is 10. The number of hydrogen-bond donors (Lipinski definition) is 10. The lowest BCUT2D eigenvalue weighted by Crippen LogP contribution is -2.62. The third-order valence-electron chi connectivity index (χ3n) is 26.3. The average Bonchev–Trinajstić information content (AvgIpc) is 0.777. The Bertz CT molecular complexity index is 2800. The first-order valence-corrected chi connectivity index (χ1v) is 42.6. The number of oxime groups is 2. The third-order valence-corrected chi connectivity index (χ3v) is 26.3. The van der Waals surface area contributed by atoms with Crippen LogP contribution in [0.2, 0.25) is 0 Å². The Kier molecular flexibility index (Phi) is 37.4. The van der Waals surface area contributed by atoms with Crippen LogP contribution in [-0.4, -0.2) is 307 Å². The molecule has 30 heteroatoms. The van der Waals surface area contributed by atoms with Crippen molar-refractivity contribution < 1.29 is 127 Å². The largest absolute Gasteiger partial charge is 0.459 e. The van der Waals surface area contributed by atoms with Crippen molar-refractivity contribution in [3.05, 3.63) is 0 Å². The van der Waals surface area contributed by atoms with Crippen LogP contribution in [0.4, 0.5) is 0 Å². The van der Waals surface area contributed by atoms with Crippen LogP contribution in [-0.2, 0) is 76.1 Å². The maximum Gasteiger partial charge on any atom is 0.311 e. The molecule has 0 aromatic carbocycles. The predicted molar refractivity (Wildman–Crippen MR) is 426 cm³/mol. The molecule has 114 heavy (non-hydrogen) atoms. The highest BCUT2D eigenvalue weighted by Crippen LogP contribution is 2.45. The number of methoxy groups -OCH3 is 2. The van der Waals surface area contributed by atoms with Crippen LogP contribution in [0.5, 0.6) is 0 Å². The number of esters is 2. The van der Waals surface area contributed by atoms with E-state index in [2.05, 4.69) is 24.2 Å². The van der Waals surface area contributed by atoms with Gasteiger partial charge in [0, 0.05) is 87.7 Å². The number of cyclic esters (lactones) is 2. The van der Waals surface area contributed by atoms with E-state index >= 15 is 0 Å². The van der Waals surface area contributed by atoms with Crippen LogP contribution in [0.3, 0.4) is 0 Å². The fraction of sp³-hybridized carbons (Fsp3) is 0.952. The molecule has 0 spiro atoms. The summed E-state index contributed by atoms with van der Waals surface area (Å²) in [4.78, 5) is 45.7. The molecule has 0 aliphatic carbocycles. The van der Waals surface area contributed by atoms with E-state index in [1.54, 1.807) is 96.9 Å². The van der Waals surface area contributed by atoms with Gasteiger partial charge >= 0.3 is 11.9 Å². The lowest BCUT2D eigenvalue weighted by atomic mass is 9.73. The first-order valence-electron chi connectivity index (χ1n) is 42.6. The zero-order valence-corrected chi connectivity index (χ0v) is 73.8. The summed E-state index contributed by atoms with van der Waals surface area (Å²) in [6, 6.07) is -1.28. The normalized spacial score (nSPS) is 46.6. The molecule has 6 saturated heterocycles. The van der Waals surface area contributed by atoms with Crippen molar-refractivity contribution >= 4 is 23.4 Å². The van der Waals surface area contributed by atoms with Crippen molar-refractivity contribution in [3.8, 4) is 0 Å². The number of unbranched alkanes of at least 4 members (excludes halogenated alkanes) is 4. The van der Waals surface area contributed by atoms with Crippen molar-refractivity contribution in [1.29, 1.82) is 0 Å². The number of carbonyl (C=O) groups is 2. The van der Waals surface area contributed by atoms with E-state index < -0.39 is 228 Å². The summed E-state index contributed by atoms with van der Waals surface area (Å²) in [5, 5.41) is 134. The molecule has 6 rings (SSSR count). The second kappa shape index (κ2) is 42.7. The molecule has 30 nitrogen and oxygen atoms in total. The van der Waals surface area contributed by atoms with Crippen molar-refractivity contribution in [2.24, 2.45) is 57.7 Å². The fourth-order valence-electron chi connectivity index (χ4n) is 18.8. The first-order chi connectivity index (χ1) is 53.1. The molecule has 0 amide bonds. The van der Waals surface area contributed by atoms with Gasteiger partial charge in [-0.15, -0.1) is 0 Å². The van der Waals surface area contributed by atoms with Gasteiger partial charge in [0.05, 0.1) is 107 Å². The zero-order valence-electron chi connectivity index (χ0n) is 73.8. The minimum Gasteiger partial charge on any atom is -0.459 e. The molecular weight excluding hydrogens is 1480 g/mol. The van der Waals surface area contributed by atoms with E-state index in [0.717, 1.165) is 25.7 Å². The van der Waals surface area contributed by atoms with Crippen molar-refractivity contribution in [2.45, 2.75) is 411 Å². The standard InChI is InChI=1S/C84H154N4O26/c1-27-31-33-37-103-85-63-45(5)41-79(17,97)73(51(11)67(111-61-43-81(19,101-25)71(93)55(15)107-61)53(13)75(95)109-59(29-3)83(21,99)69(91)49(63)9)113-77-65(89)57(39-47(7)105-77)87(23)35-36-88(24)58-40-48(8)106-78(66(58)90)114-74-52(12)68(112-62-44-82(20,102-26)72(94)56(16)108-62)54(14)76(96)110-60(30-4)84(22,100)70(92)50(10)64(46(6)42-80(74,18)98)86-104-38-34-32-28-2/h45-62,65-74,77-78,89-94,97-100H,27-44H2,1-26H3/b85-63+,86-64+/t45-,46-,47?,48?,49+,50+,51+,52+,53-,54-,55?,56?,57?,58?,59-,60-,61?,62?,65?,66?,67+,68+,69-,70-,71?,72?,73-,74-,77?,78?,79+,80+,81?,82?,83-,84-/m1/s1. The summed E-state index contributed by atoms with van der Waals surface area (Å²) >= 11 is 0. The predicted octanol–water partition coefficient (Wildman–Crippen LogP) is 7.31. The van der Waals surface area contributed by atoms with Gasteiger partial charge in [0.15, 0.2) is 25.2 Å². The summed E-state index contributed by atoms with van der Waals surface area (Å²) in [6.07, 6.45) is -17.5. The molecule has 0 aromatic rings. The molecule has 16 unspecified atom stereocenters. The second-order valence-electron chi connectivity index (χ2n) is 36.3. The van der Waals surface area contributed by atoms with E-state index in [1.165, 1.54) is 28.1 Å². The summed E-state index contributed by atoms with van der Waals surface area (Å²) in [6.45, 7) is 39.2. The van der Waals surface area contributed by atoms with Gasteiger partial charge in [-0.3, -0.25) is 19.4 Å². The molecule has 0 bridgehead atoms. The first kappa shape index (κ1) is 99.8.